The Morgan fingerprint density at radius 2 is 2.10 bits per heavy atom. The van der Waals surface area contributed by atoms with Crippen LogP contribution in [0.4, 0.5) is 10.5 Å². The van der Waals surface area contributed by atoms with Gasteiger partial charge in [0, 0.05) is 19.2 Å². The highest BCUT2D eigenvalue weighted by molar-refractivity contribution is 5.89. The number of amides is 3. The monoisotopic (exact) mass is 291 g/mol. The summed E-state index contributed by atoms with van der Waals surface area (Å²) in [4.78, 5) is 33.8. The molecular weight excluding hydrogens is 274 g/mol. The lowest BCUT2D eigenvalue weighted by Crippen LogP contribution is -2.42. The number of hydrogen-bond donors (Lipinski definition) is 3. The summed E-state index contributed by atoms with van der Waals surface area (Å²) in [6.07, 6.45) is 0.190. The minimum Gasteiger partial charge on any atom is -0.463 e. The van der Waals surface area contributed by atoms with Crippen molar-refractivity contribution in [3.63, 3.8) is 0 Å². The standard InChI is InChI=1S/C14H17N3O4/c1-9(18)16-12-5-3-2-4-10(12)7-15-14(20)17-11-6-13(19)21-8-11/h2-5,11H,6-8H2,1H3,(H,16,18)(H2,15,17,20)/t11-/m0/s1. The van der Waals surface area contributed by atoms with Crippen LogP contribution in [0.15, 0.2) is 24.3 Å². The molecule has 1 fully saturated rings. The predicted molar refractivity (Wildman–Crippen MR) is 75.5 cm³/mol. The summed E-state index contributed by atoms with van der Waals surface area (Å²) in [6, 6.07) is 6.53. The van der Waals surface area contributed by atoms with Gasteiger partial charge in [0.25, 0.3) is 0 Å². The van der Waals surface area contributed by atoms with E-state index in [4.69, 9.17) is 4.74 Å². The van der Waals surface area contributed by atoms with E-state index in [1.807, 2.05) is 12.1 Å². The van der Waals surface area contributed by atoms with Crippen molar-refractivity contribution in [3.8, 4) is 0 Å². The zero-order valence-corrected chi connectivity index (χ0v) is 11.6. The lowest BCUT2D eigenvalue weighted by atomic mass is 10.1. The van der Waals surface area contributed by atoms with Gasteiger partial charge in [-0.2, -0.15) is 0 Å². The molecule has 0 aliphatic carbocycles. The van der Waals surface area contributed by atoms with Gasteiger partial charge in [0.2, 0.25) is 5.91 Å². The SMILES string of the molecule is CC(=O)Nc1ccccc1CNC(=O)N[C@@H]1COC(=O)C1. The summed E-state index contributed by atoms with van der Waals surface area (Å²) in [5.74, 6) is -0.482. The number of cyclic esters (lactones) is 1. The topological polar surface area (TPSA) is 96.5 Å². The number of nitrogens with one attached hydrogen (secondary N) is 3. The molecule has 0 bridgehead atoms. The molecule has 1 aromatic rings. The van der Waals surface area contributed by atoms with Crippen LogP contribution >= 0.6 is 0 Å². The zero-order chi connectivity index (χ0) is 15.2. The maximum Gasteiger partial charge on any atom is 0.315 e. The Hall–Kier alpha value is -2.57. The van der Waals surface area contributed by atoms with Crippen LogP contribution in [0.1, 0.15) is 18.9 Å². The van der Waals surface area contributed by atoms with Crippen molar-refractivity contribution in [2.75, 3.05) is 11.9 Å². The summed E-state index contributed by atoms with van der Waals surface area (Å²) >= 11 is 0. The molecule has 0 radical (unpaired) electrons. The fraction of sp³-hybridized carbons (Fsp3) is 0.357. The largest absolute Gasteiger partial charge is 0.463 e. The molecule has 0 aromatic heterocycles. The van der Waals surface area contributed by atoms with Crippen LogP contribution in [0.3, 0.4) is 0 Å². The first-order valence-electron chi connectivity index (χ1n) is 6.60. The molecule has 112 valence electrons. The van der Waals surface area contributed by atoms with Gasteiger partial charge in [0.15, 0.2) is 0 Å². The molecule has 1 aliphatic heterocycles. The second kappa shape index (κ2) is 6.74. The van der Waals surface area contributed by atoms with Crippen LogP contribution in [0.5, 0.6) is 0 Å². The minimum absolute atomic E-state index is 0.173. The molecule has 0 unspecified atom stereocenters. The Balaban J connectivity index is 1.86. The number of ether oxygens (including phenoxy) is 1. The van der Waals surface area contributed by atoms with Crippen LogP contribution in [0.2, 0.25) is 0 Å². The summed E-state index contributed by atoms with van der Waals surface area (Å²) < 4.78 is 4.76. The van der Waals surface area contributed by atoms with E-state index in [9.17, 15) is 14.4 Å². The molecule has 0 spiro atoms. The molecule has 3 N–H and O–H groups in total. The van der Waals surface area contributed by atoms with Crippen molar-refractivity contribution < 1.29 is 19.1 Å². The molecule has 1 heterocycles. The van der Waals surface area contributed by atoms with Gasteiger partial charge < -0.3 is 20.7 Å². The summed E-state index contributed by atoms with van der Waals surface area (Å²) in [7, 11) is 0. The van der Waals surface area contributed by atoms with Gasteiger partial charge in [-0.15, -0.1) is 0 Å². The highest BCUT2D eigenvalue weighted by Gasteiger charge is 2.24. The van der Waals surface area contributed by atoms with Crippen molar-refractivity contribution >= 4 is 23.6 Å². The molecule has 7 nitrogen and oxygen atoms in total. The van der Waals surface area contributed by atoms with E-state index in [2.05, 4.69) is 16.0 Å². The third-order valence-corrected chi connectivity index (χ3v) is 2.96. The lowest BCUT2D eigenvalue weighted by molar-refractivity contribution is -0.137. The van der Waals surface area contributed by atoms with Crippen molar-refractivity contribution in [1.82, 2.24) is 10.6 Å². The molecule has 7 heteroatoms. The highest BCUT2D eigenvalue weighted by atomic mass is 16.5. The molecular formula is C14H17N3O4. The first kappa shape index (κ1) is 14.8. The van der Waals surface area contributed by atoms with Gasteiger partial charge >= 0.3 is 12.0 Å². The lowest BCUT2D eigenvalue weighted by Gasteiger charge is -2.13. The predicted octanol–water partition coefficient (Wildman–Crippen LogP) is 0.760. The summed E-state index contributed by atoms with van der Waals surface area (Å²) in [5, 5.41) is 8.04. The van der Waals surface area contributed by atoms with Gasteiger partial charge in [-0.3, -0.25) is 9.59 Å². The third kappa shape index (κ3) is 4.48. The van der Waals surface area contributed by atoms with Gasteiger partial charge in [-0.05, 0) is 11.6 Å². The molecule has 1 aliphatic rings. The first-order valence-corrected chi connectivity index (χ1v) is 6.60. The van der Waals surface area contributed by atoms with E-state index in [-0.39, 0.29) is 43.5 Å². The third-order valence-electron chi connectivity index (χ3n) is 2.96. The first-order chi connectivity index (χ1) is 10.0. The van der Waals surface area contributed by atoms with Crippen molar-refractivity contribution in [1.29, 1.82) is 0 Å². The number of para-hydroxylation sites is 1. The van der Waals surface area contributed by atoms with E-state index >= 15 is 0 Å². The number of hydrogen-bond acceptors (Lipinski definition) is 4. The Labute approximate surface area is 122 Å². The quantitative estimate of drug-likeness (QED) is 0.713. The molecule has 0 saturated carbocycles. The average Bonchev–Trinajstić information content (AvgIpc) is 2.82. The van der Waals surface area contributed by atoms with Crippen molar-refractivity contribution in [3.05, 3.63) is 29.8 Å². The van der Waals surface area contributed by atoms with Crippen molar-refractivity contribution in [2.24, 2.45) is 0 Å². The number of benzene rings is 1. The normalized spacial score (nSPS) is 17.0. The number of urea groups is 1. The van der Waals surface area contributed by atoms with Crippen LogP contribution in [0.25, 0.3) is 0 Å². The van der Waals surface area contributed by atoms with E-state index in [0.29, 0.717) is 5.69 Å². The number of carbonyl (C=O) groups excluding carboxylic acids is 3. The smallest absolute Gasteiger partial charge is 0.315 e. The second-order valence-electron chi connectivity index (χ2n) is 4.75. The van der Waals surface area contributed by atoms with Gasteiger partial charge in [-0.1, -0.05) is 18.2 Å². The van der Waals surface area contributed by atoms with Gasteiger partial charge in [0.05, 0.1) is 12.5 Å². The Morgan fingerprint density at radius 1 is 1.33 bits per heavy atom. The van der Waals surface area contributed by atoms with Crippen LogP contribution in [-0.4, -0.2) is 30.6 Å². The highest BCUT2D eigenvalue weighted by Crippen LogP contribution is 2.14. The van der Waals surface area contributed by atoms with Crippen LogP contribution in [0, 0.1) is 0 Å². The maximum atomic E-state index is 11.7. The van der Waals surface area contributed by atoms with Gasteiger partial charge in [0.1, 0.15) is 6.61 Å². The van der Waals surface area contributed by atoms with Crippen molar-refractivity contribution in [2.45, 2.75) is 25.9 Å². The minimum atomic E-state index is -0.379. The Morgan fingerprint density at radius 3 is 2.76 bits per heavy atom. The molecule has 3 amide bonds. The molecule has 2 rings (SSSR count). The van der Waals surface area contributed by atoms with E-state index in [1.54, 1.807) is 12.1 Å². The Kier molecular flexibility index (Phi) is 4.76. The number of esters is 1. The van der Waals surface area contributed by atoms with E-state index in [1.165, 1.54) is 6.92 Å². The zero-order valence-electron chi connectivity index (χ0n) is 11.6. The Bertz CT molecular complexity index is 559. The fourth-order valence-electron chi connectivity index (χ4n) is 2.00. The molecule has 1 aromatic carbocycles. The number of anilines is 1. The van der Waals surface area contributed by atoms with E-state index in [0.717, 1.165) is 5.56 Å². The molecule has 1 saturated heterocycles. The average molecular weight is 291 g/mol. The molecule has 1 atom stereocenters. The second-order valence-corrected chi connectivity index (χ2v) is 4.75. The van der Waals surface area contributed by atoms with Crippen LogP contribution in [-0.2, 0) is 20.9 Å². The van der Waals surface area contributed by atoms with Gasteiger partial charge in [-0.25, -0.2) is 4.79 Å². The number of carbonyl (C=O) groups is 3. The van der Waals surface area contributed by atoms with E-state index < -0.39 is 0 Å². The maximum absolute atomic E-state index is 11.7. The summed E-state index contributed by atoms with van der Waals surface area (Å²) in [5.41, 5.74) is 1.45. The number of rotatable bonds is 4. The molecule has 21 heavy (non-hydrogen) atoms. The van der Waals surface area contributed by atoms with Crippen LogP contribution < -0.4 is 16.0 Å². The fourth-order valence-corrected chi connectivity index (χ4v) is 2.00. The summed E-state index contributed by atoms with van der Waals surface area (Å²) in [6.45, 7) is 1.90.